The lowest BCUT2D eigenvalue weighted by Crippen LogP contribution is -2.43. The molecule has 0 aromatic heterocycles. The van der Waals surface area contributed by atoms with Gasteiger partial charge in [0, 0.05) is 21.8 Å². The minimum atomic E-state index is 0.0474. The predicted molar refractivity (Wildman–Crippen MR) is 111 cm³/mol. The zero-order chi connectivity index (χ0) is 18.6. The Kier molecular flexibility index (Phi) is 6.08. The summed E-state index contributed by atoms with van der Waals surface area (Å²) >= 11 is 1.91. The molecule has 1 aliphatic carbocycles. The molecule has 0 bridgehead atoms. The number of rotatable bonds is 4. The Bertz CT molecular complexity index is 718. The topological polar surface area (TPSA) is 29.1 Å². The van der Waals surface area contributed by atoms with Crippen molar-refractivity contribution in [2.75, 3.05) is 0 Å². The first kappa shape index (κ1) is 19.0. The van der Waals surface area contributed by atoms with Gasteiger partial charge in [-0.1, -0.05) is 63.9 Å². The van der Waals surface area contributed by atoms with Gasteiger partial charge in [0.25, 0.3) is 5.91 Å². The lowest BCUT2D eigenvalue weighted by molar-refractivity contribution is 0.0929. The molecule has 0 spiro atoms. The summed E-state index contributed by atoms with van der Waals surface area (Å²) in [6, 6.07) is 18.7. The Morgan fingerprint density at radius 3 is 2.27 bits per heavy atom. The van der Waals surface area contributed by atoms with Crippen LogP contribution in [-0.2, 0) is 5.41 Å². The first-order chi connectivity index (χ1) is 12.4. The van der Waals surface area contributed by atoms with Crippen LogP contribution in [0.4, 0.5) is 0 Å². The molecule has 1 amide bonds. The molecule has 3 heteroatoms. The Hall–Kier alpha value is -1.74. The van der Waals surface area contributed by atoms with Gasteiger partial charge in [-0.3, -0.25) is 4.79 Å². The second-order valence-corrected chi connectivity index (χ2v) is 9.47. The molecular weight excluding hydrogens is 338 g/mol. The van der Waals surface area contributed by atoms with Gasteiger partial charge in [-0.2, -0.15) is 0 Å². The Balaban J connectivity index is 1.66. The second kappa shape index (κ2) is 8.30. The van der Waals surface area contributed by atoms with Gasteiger partial charge < -0.3 is 5.32 Å². The Labute approximate surface area is 161 Å². The Morgan fingerprint density at radius 2 is 1.62 bits per heavy atom. The van der Waals surface area contributed by atoms with E-state index in [0.717, 1.165) is 18.4 Å². The molecule has 0 unspecified atom stereocenters. The molecule has 0 saturated heterocycles. The number of nitrogens with one attached hydrogen (secondary N) is 1. The largest absolute Gasteiger partial charge is 0.348 e. The molecule has 2 nitrogen and oxygen atoms in total. The molecule has 2 atom stereocenters. The van der Waals surface area contributed by atoms with Crippen molar-refractivity contribution in [2.45, 2.75) is 68.1 Å². The van der Waals surface area contributed by atoms with Crippen LogP contribution in [0.3, 0.4) is 0 Å². The van der Waals surface area contributed by atoms with E-state index in [1.54, 1.807) is 0 Å². The highest BCUT2D eigenvalue weighted by Gasteiger charge is 2.27. The monoisotopic (exact) mass is 367 g/mol. The number of hydrogen-bond donors (Lipinski definition) is 1. The Morgan fingerprint density at radius 1 is 0.962 bits per heavy atom. The highest BCUT2D eigenvalue weighted by atomic mass is 32.2. The summed E-state index contributed by atoms with van der Waals surface area (Å²) < 4.78 is 0. The van der Waals surface area contributed by atoms with Crippen molar-refractivity contribution in [3.8, 4) is 0 Å². The standard InChI is InChI=1S/C23H29NOS/c1-23(2,3)18-13-15-19(16-14-18)26-21-12-8-7-11-20(21)24-22(25)17-9-5-4-6-10-17/h4-6,9-10,13-16,20-21H,7-8,11-12H2,1-3H3,(H,24,25)/t20-,21+/m0/s1. The summed E-state index contributed by atoms with van der Waals surface area (Å²) in [5.74, 6) is 0.0474. The van der Waals surface area contributed by atoms with Gasteiger partial charge >= 0.3 is 0 Å². The highest BCUT2D eigenvalue weighted by molar-refractivity contribution is 8.00. The maximum Gasteiger partial charge on any atom is 0.251 e. The average molecular weight is 368 g/mol. The van der Waals surface area contributed by atoms with Gasteiger partial charge in [0.2, 0.25) is 0 Å². The predicted octanol–water partition coefficient (Wildman–Crippen LogP) is 5.82. The van der Waals surface area contributed by atoms with E-state index in [4.69, 9.17) is 0 Å². The second-order valence-electron chi connectivity index (χ2n) is 8.16. The van der Waals surface area contributed by atoms with E-state index in [1.165, 1.54) is 23.3 Å². The number of hydrogen-bond acceptors (Lipinski definition) is 2. The van der Waals surface area contributed by atoms with E-state index in [1.807, 2.05) is 42.1 Å². The molecule has 1 fully saturated rings. The van der Waals surface area contributed by atoms with Gasteiger partial charge in [0.15, 0.2) is 0 Å². The van der Waals surface area contributed by atoms with Crippen molar-refractivity contribution in [1.29, 1.82) is 0 Å². The summed E-state index contributed by atoms with van der Waals surface area (Å²) in [7, 11) is 0. The van der Waals surface area contributed by atoms with Gasteiger partial charge in [-0.15, -0.1) is 11.8 Å². The fourth-order valence-electron chi connectivity index (χ4n) is 3.45. The molecule has 1 aliphatic rings. The van der Waals surface area contributed by atoms with Gasteiger partial charge in [-0.25, -0.2) is 0 Å². The fraction of sp³-hybridized carbons (Fsp3) is 0.435. The molecule has 3 rings (SSSR count). The van der Waals surface area contributed by atoms with E-state index < -0.39 is 0 Å². The van der Waals surface area contributed by atoms with Gasteiger partial charge in [-0.05, 0) is 48.1 Å². The van der Waals surface area contributed by atoms with E-state index in [-0.39, 0.29) is 17.4 Å². The molecule has 1 N–H and O–H groups in total. The maximum atomic E-state index is 12.5. The van der Waals surface area contributed by atoms with Crippen LogP contribution in [0.25, 0.3) is 0 Å². The number of carbonyl (C=O) groups is 1. The number of benzene rings is 2. The van der Waals surface area contributed by atoms with Crippen LogP contribution >= 0.6 is 11.8 Å². The van der Waals surface area contributed by atoms with Crippen LogP contribution in [0.15, 0.2) is 59.5 Å². The van der Waals surface area contributed by atoms with E-state index in [0.29, 0.717) is 5.25 Å². The van der Waals surface area contributed by atoms with Crippen molar-refractivity contribution >= 4 is 17.7 Å². The SMILES string of the molecule is CC(C)(C)c1ccc(S[C@@H]2CCCC[C@@H]2NC(=O)c2ccccc2)cc1. The maximum absolute atomic E-state index is 12.5. The van der Waals surface area contributed by atoms with E-state index >= 15 is 0 Å². The fourth-order valence-corrected chi connectivity index (χ4v) is 4.75. The van der Waals surface area contributed by atoms with Crippen molar-refractivity contribution < 1.29 is 4.79 Å². The summed E-state index contributed by atoms with van der Waals surface area (Å²) in [6.45, 7) is 6.72. The van der Waals surface area contributed by atoms with Crippen molar-refractivity contribution in [3.05, 3.63) is 65.7 Å². The first-order valence-corrected chi connectivity index (χ1v) is 10.4. The van der Waals surface area contributed by atoms with Crippen LogP contribution in [0.2, 0.25) is 0 Å². The molecule has 2 aromatic carbocycles. The quantitative estimate of drug-likeness (QED) is 0.738. The van der Waals surface area contributed by atoms with Gasteiger partial charge in [0.05, 0.1) is 0 Å². The highest BCUT2D eigenvalue weighted by Crippen LogP contribution is 2.35. The molecule has 26 heavy (non-hydrogen) atoms. The molecular formula is C23H29NOS. The smallest absolute Gasteiger partial charge is 0.251 e. The summed E-state index contributed by atoms with van der Waals surface area (Å²) in [5.41, 5.74) is 2.29. The van der Waals surface area contributed by atoms with Crippen molar-refractivity contribution in [1.82, 2.24) is 5.32 Å². The van der Waals surface area contributed by atoms with Crippen molar-refractivity contribution in [3.63, 3.8) is 0 Å². The van der Waals surface area contributed by atoms with Crippen LogP contribution in [0, 0.1) is 0 Å². The molecule has 2 aromatic rings. The van der Waals surface area contributed by atoms with Crippen LogP contribution in [0.1, 0.15) is 62.4 Å². The van der Waals surface area contributed by atoms with Gasteiger partial charge in [0.1, 0.15) is 0 Å². The van der Waals surface area contributed by atoms with Crippen LogP contribution < -0.4 is 5.32 Å². The number of thioether (sulfide) groups is 1. The normalized spacial score (nSPS) is 20.6. The summed E-state index contributed by atoms with van der Waals surface area (Å²) in [5, 5.41) is 3.72. The summed E-state index contributed by atoms with van der Waals surface area (Å²) in [6.07, 6.45) is 4.66. The number of amides is 1. The average Bonchev–Trinajstić information content (AvgIpc) is 2.64. The summed E-state index contributed by atoms with van der Waals surface area (Å²) in [4.78, 5) is 13.8. The molecule has 1 saturated carbocycles. The van der Waals surface area contributed by atoms with Crippen LogP contribution in [0.5, 0.6) is 0 Å². The third kappa shape index (κ3) is 4.91. The van der Waals surface area contributed by atoms with E-state index in [9.17, 15) is 4.79 Å². The zero-order valence-corrected chi connectivity index (χ0v) is 16.8. The minimum absolute atomic E-state index is 0.0474. The third-order valence-corrected chi connectivity index (χ3v) is 6.47. The lowest BCUT2D eigenvalue weighted by atomic mass is 9.87. The van der Waals surface area contributed by atoms with Crippen molar-refractivity contribution in [2.24, 2.45) is 0 Å². The first-order valence-electron chi connectivity index (χ1n) is 9.56. The number of carbonyl (C=O) groups excluding carboxylic acids is 1. The molecule has 0 aliphatic heterocycles. The van der Waals surface area contributed by atoms with E-state index in [2.05, 4.69) is 50.4 Å². The molecule has 0 heterocycles. The zero-order valence-electron chi connectivity index (χ0n) is 16.0. The minimum Gasteiger partial charge on any atom is -0.348 e. The molecule has 138 valence electrons. The third-order valence-electron chi connectivity index (χ3n) is 5.06. The lowest BCUT2D eigenvalue weighted by Gasteiger charge is -2.32. The molecule has 0 radical (unpaired) electrons. The van der Waals surface area contributed by atoms with Crippen LogP contribution in [-0.4, -0.2) is 17.2 Å².